The van der Waals surface area contributed by atoms with Crippen LogP contribution in [0.1, 0.15) is 6.42 Å². The van der Waals surface area contributed by atoms with Crippen molar-refractivity contribution in [1.82, 2.24) is 14.7 Å². The number of benzene rings is 1. The van der Waals surface area contributed by atoms with Crippen LogP contribution in [0.15, 0.2) is 41.2 Å². The molecule has 0 saturated carbocycles. The zero-order valence-corrected chi connectivity index (χ0v) is 16.0. The van der Waals surface area contributed by atoms with Gasteiger partial charge in [0.25, 0.3) is 5.56 Å². The molecule has 3 rings (SSSR count). The smallest absolute Gasteiger partial charge is 0.267 e. The molecular weight excluding hydrogens is 370 g/mol. The van der Waals surface area contributed by atoms with Gasteiger partial charge in [0.2, 0.25) is 5.91 Å². The number of nitrogens with zero attached hydrogens (tertiary/aromatic N) is 3. The van der Waals surface area contributed by atoms with E-state index >= 15 is 0 Å². The Labute approximate surface area is 157 Å². The first-order valence-electron chi connectivity index (χ1n) is 8.48. The average Bonchev–Trinajstić information content (AvgIpc) is 3.02. The van der Waals surface area contributed by atoms with Gasteiger partial charge >= 0.3 is 0 Å². The zero-order chi connectivity index (χ0) is 19.6. The Morgan fingerprint density at radius 1 is 1.33 bits per heavy atom. The molecule has 1 aliphatic rings. The predicted molar refractivity (Wildman–Crippen MR) is 100 cm³/mol. The molecule has 144 valence electrons. The van der Waals surface area contributed by atoms with Crippen molar-refractivity contribution in [3.8, 4) is 17.0 Å². The summed E-state index contributed by atoms with van der Waals surface area (Å²) in [6.45, 7) is -0.246. The van der Waals surface area contributed by atoms with Crippen molar-refractivity contribution < 1.29 is 17.9 Å². The van der Waals surface area contributed by atoms with E-state index < -0.39 is 15.4 Å². The maximum atomic E-state index is 12.5. The second-order valence-electron chi connectivity index (χ2n) is 6.51. The topological polar surface area (TPSA) is 98.6 Å². The van der Waals surface area contributed by atoms with Gasteiger partial charge in [0.05, 0.1) is 24.3 Å². The lowest BCUT2D eigenvalue weighted by atomic mass is 10.1. The van der Waals surface area contributed by atoms with E-state index in [-0.39, 0.29) is 30.0 Å². The van der Waals surface area contributed by atoms with Crippen LogP contribution in [0.2, 0.25) is 0 Å². The predicted octanol–water partition coefficient (Wildman–Crippen LogP) is 0.564. The van der Waals surface area contributed by atoms with E-state index in [9.17, 15) is 18.0 Å². The third kappa shape index (κ3) is 4.36. The standard InChI is InChI=1S/C18H21N3O5S/c1-20(14-8-9-27(24,25)12-14)18(23)11-21-17(22)7-6-16(19-21)13-4-3-5-15(10-13)26-2/h3-7,10,14H,8-9,11-12H2,1-2H3/t14-/m1/s1. The van der Waals surface area contributed by atoms with Crippen LogP contribution in [0.5, 0.6) is 5.75 Å². The number of methoxy groups -OCH3 is 1. The van der Waals surface area contributed by atoms with Crippen LogP contribution < -0.4 is 10.3 Å². The molecular formula is C18H21N3O5S. The lowest BCUT2D eigenvalue weighted by molar-refractivity contribution is -0.132. The van der Waals surface area contributed by atoms with Crippen molar-refractivity contribution in [2.75, 3.05) is 25.7 Å². The second-order valence-corrected chi connectivity index (χ2v) is 8.74. The lowest BCUT2D eigenvalue weighted by Crippen LogP contribution is -2.41. The molecule has 1 amide bonds. The summed E-state index contributed by atoms with van der Waals surface area (Å²) in [5.74, 6) is 0.347. The largest absolute Gasteiger partial charge is 0.497 e. The van der Waals surface area contributed by atoms with Gasteiger partial charge in [-0.15, -0.1) is 0 Å². The summed E-state index contributed by atoms with van der Waals surface area (Å²) >= 11 is 0. The second kappa shape index (κ2) is 7.51. The Balaban J connectivity index is 1.80. The van der Waals surface area contributed by atoms with E-state index in [4.69, 9.17) is 4.74 Å². The van der Waals surface area contributed by atoms with Crippen molar-refractivity contribution in [1.29, 1.82) is 0 Å². The molecule has 0 spiro atoms. The van der Waals surface area contributed by atoms with Crippen LogP contribution in [0.3, 0.4) is 0 Å². The van der Waals surface area contributed by atoms with Gasteiger partial charge < -0.3 is 9.64 Å². The van der Waals surface area contributed by atoms with E-state index in [1.165, 1.54) is 11.0 Å². The van der Waals surface area contributed by atoms with Gasteiger partial charge in [-0.1, -0.05) is 12.1 Å². The third-order valence-electron chi connectivity index (χ3n) is 4.67. The molecule has 1 aromatic carbocycles. The molecule has 2 aromatic rings. The van der Waals surface area contributed by atoms with Crippen molar-refractivity contribution >= 4 is 15.7 Å². The maximum absolute atomic E-state index is 12.5. The monoisotopic (exact) mass is 391 g/mol. The van der Waals surface area contributed by atoms with Crippen molar-refractivity contribution in [2.45, 2.75) is 19.0 Å². The fourth-order valence-electron chi connectivity index (χ4n) is 3.02. The fourth-order valence-corrected chi connectivity index (χ4v) is 4.80. The number of hydrogen-bond acceptors (Lipinski definition) is 6. The molecule has 0 N–H and O–H groups in total. The molecule has 8 nitrogen and oxygen atoms in total. The third-order valence-corrected chi connectivity index (χ3v) is 6.42. The highest BCUT2D eigenvalue weighted by Gasteiger charge is 2.32. The number of carbonyl (C=O) groups excluding carboxylic acids is 1. The van der Waals surface area contributed by atoms with Crippen LogP contribution in [-0.2, 0) is 21.2 Å². The van der Waals surface area contributed by atoms with Crippen LogP contribution in [0.25, 0.3) is 11.3 Å². The Morgan fingerprint density at radius 3 is 2.78 bits per heavy atom. The summed E-state index contributed by atoms with van der Waals surface area (Å²) in [6.07, 6.45) is 0.413. The number of ether oxygens (including phenoxy) is 1. The molecule has 1 fully saturated rings. The van der Waals surface area contributed by atoms with Crippen LogP contribution in [0.4, 0.5) is 0 Å². The normalized spacial score (nSPS) is 18.2. The van der Waals surface area contributed by atoms with E-state index in [0.717, 1.165) is 10.2 Å². The summed E-state index contributed by atoms with van der Waals surface area (Å²) in [7, 11) is 0.0267. The number of aromatic nitrogens is 2. The van der Waals surface area contributed by atoms with Crippen LogP contribution in [0, 0.1) is 0 Å². The van der Waals surface area contributed by atoms with Gasteiger partial charge in [-0.25, -0.2) is 13.1 Å². The fraction of sp³-hybridized carbons (Fsp3) is 0.389. The van der Waals surface area contributed by atoms with Crippen molar-refractivity contribution in [3.05, 3.63) is 46.8 Å². The molecule has 1 aliphatic heterocycles. The molecule has 1 atom stereocenters. The molecule has 27 heavy (non-hydrogen) atoms. The maximum Gasteiger partial charge on any atom is 0.267 e. The summed E-state index contributed by atoms with van der Waals surface area (Å²) in [6, 6.07) is 9.81. The first-order chi connectivity index (χ1) is 12.8. The number of rotatable bonds is 5. The van der Waals surface area contributed by atoms with Crippen molar-refractivity contribution in [2.24, 2.45) is 0 Å². The summed E-state index contributed by atoms with van der Waals surface area (Å²) in [5, 5.41) is 4.28. The van der Waals surface area contributed by atoms with Crippen LogP contribution in [-0.4, -0.2) is 60.7 Å². The molecule has 1 aromatic heterocycles. The molecule has 0 radical (unpaired) electrons. The number of amides is 1. The Bertz CT molecular complexity index is 1020. The van der Waals surface area contributed by atoms with Crippen molar-refractivity contribution in [3.63, 3.8) is 0 Å². The SMILES string of the molecule is COc1cccc(-c2ccc(=O)n(CC(=O)N(C)[C@@H]3CCS(=O)(=O)C3)n2)c1. The highest BCUT2D eigenvalue weighted by molar-refractivity contribution is 7.91. The minimum absolute atomic E-state index is 0.0403. The quantitative estimate of drug-likeness (QED) is 0.739. The minimum Gasteiger partial charge on any atom is -0.497 e. The summed E-state index contributed by atoms with van der Waals surface area (Å²) in [5.41, 5.74) is 0.889. The van der Waals surface area contributed by atoms with E-state index in [2.05, 4.69) is 5.10 Å². The molecule has 0 bridgehead atoms. The van der Waals surface area contributed by atoms with E-state index in [0.29, 0.717) is 17.9 Å². The molecule has 1 saturated heterocycles. The molecule has 9 heteroatoms. The number of likely N-dealkylation sites (N-methyl/N-ethyl adjacent to an activating group) is 1. The van der Waals surface area contributed by atoms with Crippen LogP contribution >= 0.6 is 0 Å². The zero-order valence-electron chi connectivity index (χ0n) is 15.2. The average molecular weight is 391 g/mol. The van der Waals surface area contributed by atoms with E-state index in [1.54, 1.807) is 32.4 Å². The lowest BCUT2D eigenvalue weighted by Gasteiger charge is -2.23. The summed E-state index contributed by atoms with van der Waals surface area (Å²) in [4.78, 5) is 26.0. The summed E-state index contributed by atoms with van der Waals surface area (Å²) < 4.78 is 29.5. The first-order valence-corrected chi connectivity index (χ1v) is 10.3. The molecule has 2 heterocycles. The van der Waals surface area contributed by atoms with Gasteiger partial charge in [-0.05, 0) is 24.6 Å². The number of carbonyl (C=O) groups is 1. The molecule has 0 unspecified atom stereocenters. The Kier molecular flexibility index (Phi) is 5.31. The van der Waals surface area contributed by atoms with Gasteiger partial charge in [0.15, 0.2) is 9.84 Å². The number of hydrogen-bond donors (Lipinski definition) is 0. The highest BCUT2D eigenvalue weighted by Crippen LogP contribution is 2.21. The first kappa shape index (κ1) is 19.1. The highest BCUT2D eigenvalue weighted by atomic mass is 32.2. The number of sulfone groups is 1. The molecule has 0 aliphatic carbocycles. The van der Waals surface area contributed by atoms with E-state index in [1.807, 2.05) is 12.1 Å². The van der Waals surface area contributed by atoms with Gasteiger partial charge in [-0.2, -0.15) is 5.10 Å². The van der Waals surface area contributed by atoms with Gasteiger partial charge in [0, 0.05) is 24.7 Å². The Morgan fingerprint density at radius 2 is 2.11 bits per heavy atom. The minimum atomic E-state index is -3.09. The van der Waals surface area contributed by atoms with Gasteiger partial charge in [0.1, 0.15) is 12.3 Å². The van der Waals surface area contributed by atoms with Gasteiger partial charge in [-0.3, -0.25) is 9.59 Å². The Hall–Kier alpha value is -2.68.